The fourth-order valence-corrected chi connectivity index (χ4v) is 6.87. The van der Waals surface area contributed by atoms with Gasteiger partial charge in [-0.05, 0) is 67.3 Å². The Bertz CT molecular complexity index is 1720. The third kappa shape index (κ3) is 8.66. The molecule has 2 atom stereocenters. The summed E-state index contributed by atoms with van der Waals surface area (Å²) >= 11 is 12.7. The van der Waals surface area contributed by atoms with Crippen LogP contribution in [0.5, 0.6) is 0 Å². The number of carbonyl (C=O) groups excluding carboxylic acids is 2. The van der Waals surface area contributed by atoms with Crippen molar-refractivity contribution in [3.8, 4) is 0 Å². The van der Waals surface area contributed by atoms with Crippen molar-refractivity contribution in [1.82, 2.24) is 10.2 Å². The van der Waals surface area contributed by atoms with Gasteiger partial charge in [0.15, 0.2) is 0 Å². The van der Waals surface area contributed by atoms with Gasteiger partial charge in [-0.1, -0.05) is 103 Å². The number of halogens is 2. The lowest BCUT2D eigenvalue weighted by molar-refractivity contribution is -0.140. The number of nitrogens with one attached hydrogen (secondary N) is 1. The Morgan fingerprint density at radius 2 is 1.49 bits per heavy atom. The molecule has 2 amide bonds. The van der Waals surface area contributed by atoms with E-state index in [2.05, 4.69) is 5.32 Å². The number of amides is 2. The number of aryl methyl sites for hydroxylation is 1. The third-order valence-electron chi connectivity index (χ3n) is 7.62. The molecule has 7 nitrogen and oxygen atoms in total. The van der Waals surface area contributed by atoms with Crippen molar-refractivity contribution in [2.45, 2.75) is 57.1 Å². The van der Waals surface area contributed by atoms with Gasteiger partial charge in [-0.25, -0.2) is 8.42 Å². The lowest BCUT2D eigenvalue weighted by Gasteiger charge is -2.34. The molecule has 1 N–H and O–H groups in total. The van der Waals surface area contributed by atoms with E-state index in [1.165, 1.54) is 17.0 Å². The normalized spacial score (nSPS) is 12.6. The van der Waals surface area contributed by atoms with Crippen molar-refractivity contribution < 1.29 is 18.0 Å². The number of hydrogen-bond donors (Lipinski definition) is 1. The highest BCUT2D eigenvalue weighted by Gasteiger charge is 2.35. The summed E-state index contributed by atoms with van der Waals surface area (Å²) in [5, 5.41) is 3.78. The lowest BCUT2D eigenvalue weighted by atomic mass is 10.0. The first-order chi connectivity index (χ1) is 21.5. The van der Waals surface area contributed by atoms with Gasteiger partial charge in [-0.3, -0.25) is 13.9 Å². The van der Waals surface area contributed by atoms with Crippen LogP contribution in [0.2, 0.25) is 10.0 Å². The van der Waals surface area contributed by atoms with Gasteiger partial charge in [0.05, 0.1) is 10.6 Å². The second-order valence-corrected chi connectivity index (χ2v) is 13.6. The van der Waals surface area contributed by atoms with E-state index in [1.54, 1.807) is 67.6 Å². The van der Waals surface area contributed by atoms with E-state index >= 15 is 0 Å². The average Bonchev–Trinajstić information content (AvgIpc) is 3.03. The van der Waals surface area contributed by atoms with Crippen LogP contribution in [0.4, 0.5) is 5.69 Å². The van der Waals surface area contributed by atoms with Gasteiger partial charge in [-0.2, -0.15) is 0 Å². The molecule has 0 aliphatic carbocycles. The van der Waals surface area contributed by atoms with Crippen LogP contribution in [-0.2, 0) is 32.6 Å². The van der Waals surface area contributed by atoms with Crippen LogP contribution >= 0.6 is 23.2 Å². The fraction of sp³-hybridized carbons (Fsp3) is 0.257. The monoisotopic (exact) mass is 665 g/mol. The molecule has 0 saturated carbocycles. The molecule has 4 aromatic rings. The van der Waals surface area contributed by atoms with Crippen molar-refractivity contribution in [2.24, 2.45) is 0 Å². The number of carbonyl (C=O) groups is 2. The number of sulfonamides is 1. The zero-order valence-electron chi connectivity index (χ0n) is 25.5. The molecule has 0 aliphatic heterocycles. The van der Waals surface area contributed by atoms with E-state index in [0.29, 0.717) is 33.3 Å². The largest absolute Gasteiger partial charge is 0.352 e. The molecular weight excluding hydrogens is 629 g/mol. The van der Waals surface area contributed by atoms with Gasteiger partial charge < -0.3 is 10.2 Å². The summed E-state index contributed by atoms with van der Waals surface area (Å²) in [5.41, 5.74) is 2.45. The molecule has 236 valence electrons. The third-order valence-corrected chi connectivity index (χ3v) is 9.98. The van der Waals surface area contributed by atoms with Crippen molar-refractivity contribution in [1.29, 1.82) is 0 Å². The van der Waals surface area contributed by atoms with Gasteiger partial charge in [0.2, 0.25) is 11.8 Å². The van der Waals surface area contributed by atoms with E-state index in [9.17, 15) is 18.0 Å². The molecule has 4 aromatic carbocycles. The SMILES string of the molecule is CC[C@H](C)NC(=O)[C@@H](Cc1ccccc1)N(Cc1ccc(Cl)cc1Cl)C(=O)CN(c1ccccc1C)S(=O)(=O)c1ccccc1. The van der Waals surface area contributed by atoms with E-state index in [4.69, 9.17) is 23.2 Å². The average molecular weight is 667 g/mol. The topological polar surface area (TPSA) is 86.8 Å². The van der Waals surface area contributed by atoms with Gasteiger partial charge in [0.1, 0.15) is 12.6 Å². The molecule has 0 fully saturated rings. The summed E-state index contributed by atoms with van der Waals surface area (Å²) in [5.74, 6) is -0.913. The smallest absolute Gasteiger partial charge is 0.264 e. The van der Waals surface area contributed by atoms with Crippen LogP contribution in [0.1, 0.15) is 37.0 Å². The Kier molecular flexibility index (Phi) is 11.7. The molecule has 45 heavy (non-hydrogen) atoms. The summed E-state index contributed by atoms with van der Waals surface area (Å²) in [6, 6.07) is 28.2. The number of rotatable bonds is 13. The number of nitrogens with zero attached hydrogens (tertiary/aromatic N) is 2. The highest BCUT2D eigenvalue weighted by Crippen LogP contribution is 2.29. The molecule has 0 heterocycles. The maximum absolute atomic E-state index is 14.6. The highest BCUT2D eigenvalue weighted by atomic mass is 35.5. The van der Waals surface area contributed by atoms with Gasteiger partial charge in [-0.15, -0.1) is 0 Å². The van der Waals surface area contributed by atoms with E-state index < -0.39 is 28.5 Å². The van der Waals surface area contributed by atoms with Crippen LogP contribution in [0, 0.1) is 6.92 Å². The minimum atomic E-state index is -4.18. The standard InChI is InChI=1S/C35H37Cl2N3O4S/c1-4-26(3)38-35(42)33(21-27-14-7-5-8-15-27)39(23-28-19-20-29(36)22-31(28)37)34(41)24-40(32-18-12-11-13-25(32)2)45(43,44)30-16-9-6-10-17-30/h5-20,22,26,33H,4,21,23-24H2,1-3H3,(H,38,42)/t26-,33+/m0/s1. The molecule has 4 rings (SSSR count). The zero-order chi connectivity index (χ0) is 32.6. The Labute approximate surface area is 275 Å². The summed E-state index contributed by atoms with van der Waals surface area (Å²) in [7, 11) is -4.18. The first-order valence-electron chi connectivity index (χ1n) is 14.7. The van der Waals surface area contributed by atoms with Crippen LogP contribution in [0.3, 0.4) is 0 Å². The summed E-state index contributed by atoms with van der Waals surface area (Å²) in [6.45, 7) is 5.05. The quantitative estimate of drug-likeness (QED) is 0.166. The predicted octanol–water partition coefficient (Wildman–Crippen LogP) is 7.05. The minimum absolute atomic E-state index is 0.0451. The molecule has 0 aromatic heterocycles. The van der Waals surface area contributed by atoms with Crippen LogP contribution in [0.25, 0.3) is 0 Å². The summed E-state index contributed by atoms with van der Waals surface area (Å²) in [6.07, 6.45) is 0.896. The summed E-state index contributed by atoms with van der Waals surface area (Å²) < 4.78 is 29.3. The van der Waals surface area contributed by atoms with Crippen molar-refractivity contribution >= 4 is 50.7 Å². The molecule has 0 spiro atoms. The van der Waals surface area contributed by atoms with Crippen molar-refractivity contribution in [2.75, 3.05) is 10.8 Å². The molecule has 0 radical (unpaired) electrons. The predicted molar refractivity (Wildman–Crippen MR) is 181 cm³/mol. The Hall–Kier alpha value is -3.85. The number of hydrogen-bond acceptors (Lipinski definition) is 4. The Morgan fingerprint density at radius 1 is 0.867 bits per heavy atom. The van der Waals surface area contributed by atoms with E-state index in [-0.39, 0.29) is 29.8 Å². The molecule has 0 bridgehead atoms. The molecule has 0 aliphatic rings. The van der Waals surface area contributed by atoms with Crippen molar-refractivity contribution in [3.05, 3.63) is 130 Å². The number of para-hydroxylation sites is 1. The molecule has 0 saturated heterocycles. The summed E-state index contributed by atoms with van der Waals surface area (Å²) in [4.78, 5) is 30.0. The molecule has 0 unspecified atom stereocenters. The van der Waals surface area contributed by atoms with Gasteiger partial charge in [0, 0.05) is 29.1 Å². The lowest BCUT2D eigenvalue weighted by Crippen LogP contribution is -2.54. The maximum Gasteiger partial charge on any atom is 0.264 e. The second-order valence-electron chi connectivity index (χ2n) is 10.9. The van der Waals surface area contributed by atoms with E-state index in [1.807, 2.05) is 44.2 Å². The second kappa shape index (κ2) is 15.4. The fourth-order valence-electron chi connectivity index (χ4n) is 4.90. The molecular formula is C35H37Cl2N3O4S. The van der Waals surface area contributed by atoms with Crippen LogP contribution < -0.4 is 9.62 Å². The first-order valence-corrected chi connectivity index (χ1v) is 16.9. The number of anilines is 1. The van der Waals surface area contributed by atoms with Crippen LogP contribution in [0.15, 0.2) is 108 Å². The van der Waals surface area contributed by atoms with E-state index in [0.717, 1.165) is 9.87 Å². The zero-order valence-corrected chi connectivity index (χ0v) is 27.8. The van der Waals surface area contributed by atoms with Gasteiger partial charge in [0.25, 0.3) is 10.0 Å². The van der Waals surface area contributed by atoms with Crippen molar-refractivity contribution in [3.63, 3.8) is 0 Å². The van der Waals surface area contributed by atoms with Gasteiger partial charge >= 0.3 is 0 Å². The minimum Gasteiger partial charge on any atom is -0.352 e. The highest BCUT2D eigenvalue weighted by molar-refractivity contribution is 7.92. The maximum atomic E-state index is 14.6. The molecule has 10 heteroatoms. The van der Waals surface area contributed by atoms with Crippen LogP contribution in [-0.4, -0.2) is 43.8 Å². The Morgan fingerprint density at radius 3 is 2.11 bits per heavy atom. The Balaban J connectivity index is 1.83. The first kappa shape index (κ1) is 34.0. The number of benzene rings is 4.